The van der Waals surface area contributed by atoms with Crippen molar-refractivity contribution in [2.45, 2.75) is 32.6 Å². The van der Waals surface area contributed by atoms with Crippen molar-refractivity contribution >= 4 is 0 Å². The minimum Gasteiger partial charge on any atom is -0.508 e. The smallest absolute Gasteiger partial charge is 0.115 e. The highest BCUT2D eigenvalue weighted by Gasteiger charge is 2.10. The Hall–Kier alpha value is -1.42. The van der Waals surface area contributed by atoms with Crippen molar-refractivity contribution in [2.24, 2.45) is 0 Å². The molecule has 0 radical (unpaired) electrons. The van der Waals surface area contributed by atoms with Gasteiger partial charge < -0.3 is 5.11 Å². The molecule has 1 unspecified atom stereocenters. The van der Waals surface area contributed by atoms with Crippen molar-refractivity contribution in [3.63, 3.8) is 0 Å². The van der Waals surface area contributed by atoms with E-state index in [2.05, 4.69) is 12.8 Å². The molecule has 0 aromatic heterocycles. The van der Waals surface area contributed by atoms with Gasteiger partial charge in [-0.1, -0.05) is 13.0 Å². The largest absolute Gasteiger partial charge is 0.508 e. The maximum Gasteiger partial charge on any atom is 0.115 e. The molecule has 0 bridgehead atoms. The lowest BCUT2D eigenvalue weighted by atomic mass is 9.90. The van der Waals surface area contributed by atoms with E-state index < -0.39 is 0 Å². The lowest BCUT2D eigenvalue weighted by molar-refractivity contribution is 0.474. The lowest BCUT2D eigenvalue weighted by Gasteiger charge is -2.15. The summed E-state index contributed by atoms with van der Waals surface area (Å²) in [6, 6.07) is 5.48. The van der Waals surface area contributed by atoms with Crippen LogP contribution in [-0.2, 0) is 0 Å². The summed E-state index contributed by atoms with van der Waals surface area (Å²) in [7, 11) is 0. The molecule has 0 saturated carbocycles. The van der Waals surface area contributed by atoms with Crippen LogP contribution in [0.15, 0.2) is 18.2 Å². The second-order valence-electron chi connectivity index (χ2n) is 3.55. The molecule has 1 nitrogen and oxygen atoms in total. The Labute approximate surface area is 85.8 Å². The molecular weight excluding hydrogens is 172 g/mol. The van der Waals surface area contributed by atoms with Crippen LogP contribution in [0, 0.1) is 19.3 Å². The van der Waals surface area contributed by atoms with Gasteiger partial charge in [0.1, 0.15) is 5.75 Å². The minimum atomic E-state index is 0.321. The van der Waals surface area contributed by atoms with E-state index in [4.69, 9.17) is 6.42 Å². The Bertz CT molecular complexity index is 347. The summed E-state index contributed by atoms with van der Waals surface area (Å²) in [5.41, 5.74) is 2.37. The van der Waals surface area contributed by atoms with E-state index in [1.807, 2.05) is 13.0 Å². The van der Waals surface area contributed by atoms with E-state index >= 15 is 0 Å². The normalized spacial score (nSPS) is 12.1. The van der Waals surface area contributed by atoms with Gasteiger partial charge >= 0.3 is 0 Å². The molecule has 1 N–H and O–H groups in total. The summed E-state index contributed by atoms with van der Waals surface area (Å²) in [6.45, 7) is 4.14. The van der Waals surface area contributed by atoms with E-state index in [0.717, 1.165) is 18.4 Å². The molecule has 1 rings (SSSR count). The number of hydrogen-bond acceptors (Lipinski definition) is 1. The summed E-state index contributed by atoms with van der Waals surface area (Å²) < 4.78 is 0. The monoisotopic (exact) mass is 188 g/mol. The molecule has 1 atom stereocenters. The standard InChI is InChI=1S/C13H16O/c1-4-6-11(5-2)13-8-7-12(14)9-10(13)3/h1,7-9,11,14H,5-6H2,2-3H3. The number of aryl methyl sites for hydroxylation is 1. The number of terminal acetylenes is 1. The third-order valence-electron chi connectivity index (χ3n) is 2.55. The minimum absolute atomic E-state index is 0.321. The quantitative estimate of drug-likeness (QED) is 0.722. The van der Waals surface area contributed by atoms with Crippen LogP contribution < -0.4 is 0 Å². The van der Waals surface area contributed by atoms with E-state index in [1.165, 1.54) is 5.56 Å². The van der Waals surface area contributed by atoms with Crippen LogP contribution in [0.2, 0.25) is 0 Å². The average molecular weight is 188 g/mol. The van der Waals surface area contributed by atoms with E-state index in [1.54, 1.807) is 12.1 Å². The summed E-state index contributed by atoms with van der Waals surface area (Å²) in [5, 5.41) is 9.28. The van der Waals surface area contributed by atoms with Gasteiger partial charge in [-0.25, -0.2) is 0 Å². The maximum absolute atomic E-state index is 9.28. The van der Waals surface area contributed by atoms with Crippen molar-refractivity contribution in [2.75, 3.05) is 0 Å². The predicted octanol–water partition coefficient (Wildman–Crippen LogP) is 3.22. The zero-order chi connectivity index (χ0) is 10.6. The van der Waals surface area contributed by atoms with Crippen LogP contribution in [0.5, 0.6) is 5.75 Å². The molecular formula is C13H16O. The zero-order valence-corrected chi connectivity index (χ0v) is 8.75. The Morgan fingerprint density at radius 1 is 1.50 bits per heavy atom. The number of aromatic hydroxyl groups is 1. The Morgan fingerprint density at radius 3 is 2.71 bits per heavy atom. The van der Waals surface area contributed by atoms with E-state index in [-0.39, 0.29) is 0 Å². The van der Waals surface area contributed by atoms with Crippen LogP contribution in [-0.4, -0.2) is 5.11 Å². The van der Waals surface area contributed by atoms with Gasteiger partial charge in [0.25, 0.3) is 0 Å². The van der Waals surface area contributed by atoms with Gasteiger partial charge in [0.2, 0.25) is 0 Å². The van der Waals surface area contributed by atoms with Crippen LogP contribution in [0.1, 0.15) is 36.8 Å². The van der Waals surface area contributed by atoms with Crippen molar-refractivity contribution < 1.29 is 5.11 Å². The third-order valence-corrected chi connectivity index (χ3v) is 2.55. The molecule has 0 aliphatic carbocycles. The van der Waals surface area contributed by atoms with Crippen LogP contribution in [0.25, 0.3) is 0 Å². The number of phenols is 1. The first-order valence-corrected chi connectivity index (χ1v) is 4.92. The molecule has 0 spiro atoms. The SMILES string of the molecule is C#CCC(CC)c1ccc(O)cc1C. The van der Waals surface area contributed by atoms with Crippen molar-refractivity contribution in [1.82, 2.24) is 0 Å². The van der Waals surface area contributed by atoms with Crippen LogP contribution >= 0.6 is 0 Å². The molecule has 0 heterocycles. The van der Waals surface area contributed by atoms with Crippen molar-refractivity contribution in [1.29, 1.82) is 0 Å². The first-order valence-electron chi connectivity index (χ1n) is 4.92. The Balaban J connectivity index is 2.99. The van der Waals surface area contributed by atoms with Gasteiger partial charge in [0, 0.05) is 6.42 Å². The summed E-state index contributed by atoms with van der Waals surface area (Å²) in [6.07, 6.45) is 7.13. The molecule has 74 valence electrons. The lowest BCUT2D eigenvalue weighted by Crippen LogP contribution is -1.98. The highest BCUT2D eigenvalue weighted by atomic mass is 16.3. The molecule has 0 aliphatic heterocycles. The molecule has 14 heavy (non-hydrogen) atoms. The first kappa shape index (κ1) is 10.7. The summed E-state index contributed by atoms with van der Waals surface area (Å²) in [5.74, 6) is 3.43. The topological polar surface area (TPSA) is 20.2 Å². The molecule has 1 aromatic carbocycles. The summed E-state index contributed by atoms with van der Waals surface area (Å²) >= 11 is 0. The fourth-order valence-corrected chi connectivity index (χ4v) is 1.73. The molecule has 1 heteroatoms. The zero-order valence-electron chi connectivity index (χ0n) is 8.75. The van der Waals surface area contributed by atoms with Gasteiger partial charge in [0.15, 0.2) is 0 Å². The Kier molecular flexibility index (Phi) is 3.59. The van der Waals surface area contributed by atoms with Crippen molar-refractivity contribution in [3.8, 4) is 18.1 Å². The average Bonchev–Trinajstić information content (AvgIpc) is 2.15. The van der Waals surface area contributed by atoms with Gasteiger partial charge in [-0.3, -0.25) is 0 Å². The van der Waals surface area contributed by atoms with Gasteiger partial charge in [-0.15, -0.1) is 12.3 Å². The summed E-state index contributed by atoms with van der Waals surface area (Å²) in [4.78, 5) is 0. The number of phenolic OH excluding ortho intramolecular Hbond substituents is 1. The van der Waals surface area contributed by atoms with Gasteiger partial charge in [0.05, 0.1) is 0 Å². The third kappa shape index (κ3) is 2.29. The maximum atomic E-state index is 9.28. The molecule has 0 aliphatic rings. The molecule has 0 amide bonds. The van der Waals surface area contributed by atoms with Crippen molar-refractivity contribution in [3.05, 3.63) is 29.3 Å². The number of rotatable bonds is 3. The van der Waals surface area contributed by atoms with Gasteiger partial charge in [-0.05, 0) is 42.5 Å². The molecule has 0 fully saturated rings. The molecule has 0 saturated heterocycles. The van der Waals surface area contributed by atoms with E-state index in [9.17, 15) is 5.11 Å². The highest BCUT2D eigenvalue weighted by Crippen LogP contribution is 2.27. The predicted molar refractivity (Wildman–Crippen MR) is 59.3 cm³/mol. The fourth-order valence-electron chi connectivity index (χ4n) is 1.73. The van der Waals surface area contributed by atoms with Gasteiger partial charge in [-0.2, -0.15) is 0 Å². The Morgan fingerprint density at radius 2 is 2.21 bits per heavy atom. The number of benzene rings is 1. The first-order chi connectivity index (χ1) is 6.69. The fraction of sp³-hybridized carbons (Fsp3) is 0.385. The second kappa shape index (κ2) is 4.72. The van der Waals surface area contributed by atoms with Crippen LogP contribution in [0.4, 0.5) is 0 Å². The highest BCUT2D eigenvalue weighted by molar-refractivity contribution is 5.36. The second-order valence-corrected chi connectivity index (χ2v) is 3.55. The van der Waals surface area contributed by atoms with Crippen LogP contribution in [0.3, 0.4) is 0 Å². The van der Waals surface area contributed by atoms with E-state index in [0.29, 0.717) is 11.7 Å². The molecule has 1 aromatic rings. The number of hydrogen-bond donors (Lipinski definition) is 1.